The van der Waals surface area contributed by atoms with Crippen molar-refractivity contribution in [3.8, 4) is 0 Å². The van der Waals surface area contributed by atoms with Crippen LogP contribution in [0.1, 0.15) is 66.5 Å². The van der Waals surface area contributed by atoms with E-state index in [0.29, 0.717) is 11.1 Å². The molecule has 0 spiro atoms. The number of aliphatic hydroxyl groups is 1. The van der Waals surface area contributed by atoms with Gasteiger partial charge in [0.25, 0.3) is 5.91 Å². The number of nitrogens with zero attached hydrogens (tertiary/aromatic N) is 1. The molecule has 9 N–H and O–H groups in total. The lowest BCUT2D eigenvalue weighted by Gasteiger charge is -2.32. The van der Waals surface area contributed by atoms with Gasteiger partial charge in [-0.2, -0.15) is 0 Å². The number of benzene rings is 2. The highest BCUT2D eigenvalue weighted by Gasteiger charge is 2.36. The minimum absolute atomic E-state index is 0.0433. The Balaban J connectivity index is 2.43. The molecule has 0 saturated carbocycles. The van der Waals surface area contributed by atoms with Gasteiger partial charge < -0.3 is 42.7 Å². The van der Waals surface area contributed by atoms with Crippen molar-refractivity contribution in [3.05, 3.63) is 71.8 Å². The van der Waals surface area contributed by atoms with Crippen molar-refractivity contribution < 1.29 is 33.9 Å². The van der Waals surface area contributed by atoms with Gasteiger partial charge in [0.15, 0.2) is 6.10 Å². The molecule has 0 bridgehead atoms. The quantitative estimate of drug-likeness (QED) is 0.104. The van der Waals surface area contributed by atoms with Crippen LogP contribution in [-0.4, -0.2) is 88.3 Å². The van der Waals surface area contributed by atoms with Crippen LogP contribution in [0, 0.1) is 23.7 Å². The van der Waals surface area contributed by atoms with Gasteiger partial charge in [-0.15, -0.1) is 0 Å². The Morgan fingerprint density at radius 3 is 1.55 bits per heavy atom. The van der Waals surface area contributed by atoms with E-state index in [9.17, 15) is 33.9 Å². The number of aliphatic hydroxyl groups excluding tert-OH is 1. The van der Waals surface area contributed by atoms with Crippen molar-refractivity contribution in [2.24, 2.45) is 35.1 Å². The second-order valence-electron chi connectivity index (χ2n) is 14.9. The van der Waals surface area contributed by atoms with Crippen LogP contribution in [0.3, 0.4) is 0 Å². The van der Waals surface area contributed by atoms with E-state index < -0.39 is 84.2 Å². The fourth-order valence-electron chi connectivity index (χ4n) is 5.58. The number of nitrogens with two attached hydrogens (primary N) is 2. The Morgan fingerprint density at radius 1 is 0.623 bits per heavy atom. The van der Waals surface area contributed by atoms with Gasteiger partial charge in [0.05, 0.1) is 18.6 Å². The maximum Gasteiger partial charge on any atom is 0.254 e. The highest BCUT2D eigenvalue weighted by Crippen LogP contribution is 2.14. The molecular weight excluding hydrogens is 678 g/mol. The fraction of sp³-hybridized carbons (Fsp3) is 0.538. The highest BCUT2D eigenvalue weighted by molar-refractivity contribution is 5.94. The van der Waals surface area contributed by atoms with E-state index in [4.69, 9.17) is 11.5 Å². The first-order valence-electron chi connectivity index (χ1n) is 18.1. The standard InChI is InChI=1S/C39H59N7O7/c1-22(2)30(40)36(50)45-33(25(7)8)37(51)42-28(19-26-15-11-9-12-16-26)34(48)39(53)46(20-27-17-13-10-14-18-27)21-29(47)43-32(24(5)6)38(52)44-31(23(3)4)35(41)49/h9-18,22-25,28,30-34,48H,19-21,40H2,1-8H3,(H2,41,49)(H,42,51)(H,43,47)(H,44,52)(H,45,50)/t28-,30-,31-,32-,33-,34-/m0/s1. The van der Waals surface area contributed by atoms with Gasteiger partial charge in [0.1, 0.15) is 18.1 Å². The lowest BCUT2D eigenvalue weighted by Crippen LogP contribution is -2.60. The molecule has 0 heterocycles. The Labute approximate surface area is 313 Å². The molecule has 0 aliphatic heterocycles. The smallest absolute Gasteiger partial charge is 0.254 e. The molecule has 2 rings (SSSR count). The van der Waals surface area contributed by atoms with E-state index in [1.54, 1.807) is 110 Å². The number of rotatable bonds is 20. The minimum atomic E-state index is -1.83. The van der Waals surface area contributed by atoms with Gasteiger partial charge >= 0.3 is 0 Å². The summed E-state index contributed by atoms with van der Waals surface area (Å²) in [7, 11) is 0. The molecule has 0 aliphatic carbocycles. The fourth-order valence-corrected chi connectivity index (χ4v) is 5.58. The van der Waals surface area contributed by atoms with Gasteiger partial charge in [0.2, 0.25) is 29.5 Å². The lowest BCUT2D eigenvalue weighted by molar-refractivity contribution is -0.146. The SMILES string of the molecule is CC(C)[C@H](N)C(=O)N[C@H](C(=O)N[C@@H](Cc1ccccc1)[C@H](O)C(=O)N(CC(=O)N[C@H](C(=O)N[C@H](C(N)=O)C(C)C)C(C)C)Cc1ccccc1)C(C)C. The zero-order valence-electron chi connectivity index (χ0n) is 32.2. The molecule has 6 atom stereocenters. The Morgan fingerprint density at radius 2 is 1.08 bits per heavy atom. The number of amides is 6. The van der Waals surface area contributed by atoms with Crippen LogP contribution in [-0.2, 0) is 41.7 Å². The average molecular weight is 738 g/mol. The highest BCUT2D eigenvalue weighted by atomic mass is 16.3. The van der Waals surface area contributed by atoms with Crippen molar-refractivity contribution >= 4 is 35.4 Å². The largest absolute Gasteiger partial charge is 0.381 e. The van der Waals surface area contributed by atoms with Crippen molar-refractivity contribution in [2.45, 2.75) is 105 Å². The topological polar surface area (TPSA) is 226 Å². The third-order valence-electron chi connectivity index (χ3n) is 8.93. The van der Waals surface area contributed by atoms with E-state index in [2.05, 4.69) is 21.3 Å². The van der Waals surface area contributed by atoms with E-state index in [1.165, 1.54) is 0 Å². The van der Waals surface area contributed by atoms with Crippen LogP contribution in [0.25, 0.3) is 0 Å². The zero-order chi connectivity index (χ0) is 40.0. The maximum absolute atomic E-state index is 14.2. The van der Waals surface area contributed by atoms with Gasteiger partial charge in [0, 0.05) is 6.54 Å². The molecule has 2 aromatic rings. The Bertz CT molecular complexity index is 1520. The van der Waals surface area contributed by atoms with Gasteiger partial charge in [-0.05, 0) is 41.2 Å². The molecule has 53 heavy (non-hydrogen) atoms. The summed E-state index contributed by atoms with van der Waals surface area (Å²) < 4.78 is 0. The summed E-state index contributed by atoms with van der Waals surface area (Å²) in [5.41, 5.74) is 12.9. The normalized spacial score (nSPS) is 14.8. The molecular formula is C39H59N7O7. The monoisotopic (exact) mass is 737 g/mol. The van der Waals surface area contributed by atoms with E-state index in [0.717, 1.165) is 4.90 Å². The molecule has 6 amide bonds. The summed E-state index contributed by atoms with van der Waals surface area (Å²) in [4.78, 5) is 80.7. The summed E-state index contributed by atoms with van der Waals surface area (Å²) in [6.45, 7) is 13.3. The van der Waals surface area contributed by atoms with Crippen molar-refractivity contribution in [1.82, 2.24) is 26.2 Å². The first-order chi connectivity index (χ1) is 24.8. The van der Waals surface area contributed by atoms with E-state index in [-0.39, 0.29) is 30.7 Å². The molecule has 0 saturated heterocycles. The second kappa shape index (κ2) is 21.0. The molecule has 292 valence electrons. The summed E-state index contributed by atoms with van der Waals surface area (Å²) in [6.07, 6.45) is -1.79. The molecule has 0 aliphatic rings. The van der Waals surface area contributed by atoms with E-state index in [1.807, 2.05) is 6.07 Å². The Hall–Kier alpha value is -4.82. The zero-order valence-corrected chi connectivity index (χ0v) is 32.2. The maximum atomic E-state index is 14.2. The number of carbonyl (C=O) groups is 6. The average Bonchev–Trinajstić information content (AvgIpc) is 3.10. The number of hydrogen-bond acceptors (Lipinski definition) is 8. The Kier molecular flexibility index (Phi) is 17.6. The van der Waals surface area contributed by atoms with Crippen LogP contribution in [0.15, 0.2) is 60.7 Å². The van der Waals surface area contributed by atoms with Crippen molar-refractivity contribution in [1.29, 1.82) is 0 Å². The van der Waals surface area contributed by atoms with Gasteiger partial charge in [-0.3, -0.25) is 28.8 Å². The first-order valence-corrected chi connectivity index (χ1v) is 18.1. The summed E-state index contributed by atoms with van der Waals surface area (Å²) in [5, 5.41) is 22.5. The third-order valence-corrected chi connectivity index (χ3v) is 8.93. The molecule has 0 radical (unpaired) electrons. The van der Waals surface area contributed by atoms with Crippen LogP contribution in [0.5, 0.6) is 0 Å². The lowest BCUT2D eigenvalue weighted by atomic mass is 9.97. The van der Waals surface area contributed by atoms with Crippen LogP contribution in [0.4, 0.5) is 0 Å². The predicted octanol–water partition coefficient (Wildman–Crippen LogP) is 0.995. The van der Waals surface area contributed by atoms with Gasteiger partial charge in [-0.25, -0.2) is 0 Å². The minimum Gasteiger partial charge on any atom is -0.381 e. The number of nitrogens with one attached hydrogen (secondary N) is 4. The van der Waals surface area contributed by atoms with Crippen molar-refractivity contribution in [2.75, 3.05) is 6.54 Å². The third kappa shape index (κ3) is 13.9. The number of primary amides is 1. The number of carbonyl (C=O) groups excluding carboxylic acids is 6. The molecule has 14 nitrogen and oxygen atoms in total. The second-order valence-corrected chi connectivity index (χ2v) is 14.9. The number of hydrogen-bond donors (Lipinski definition) is 7. The molecule has 2 aromatic carbocycles. The molecule has 0 unspecified atom stereocenters. The summed E-state index contributed by atoms with van der Waals surface area (Å²) in [5.74, 6) is -5.24. The van der Waals surface area contributed by atoms with Gasteiger partial charge in [-0.1, -0.05) is 116 Å². The van der Waals surface area contributed by atoms with E-state index >= 15 is 0 Å². The summed E-state index contributed by atoms with van der Waals surface area (Å²) in [6, 6.07) is 12.7. The van der Waals surface area contributed by atoms with Crippen LogP contribution >= 0.6 is 0 Å². The predicted molar refractivity (Wildman–Crippen MR) is 202 cm³/mol. The molecule has 0 fully saturated rings. The summed E-state index contributed by atoms with van der Waals surface area (Å²) >= 11 is 0. The molecule has 0 aromatic heterocycles. The van der Waals surface area contributed by atoms with Crippen molar-refractivity contribution in [3.63, 3.8) is 0 Å². The van der Waals surface area contributed by atoms with Crippen LogP contribution in [0.2, 0.25) is 0 Å². The van der Waals surface area contributed by atoms with Crippen LogP contribution < -0.4 is 32.7 Å². The first kappa shape index (κ1) is 44.3. The molecule has 14 heteroatoms.